The summed E-state index contributed by atoms with van der Waals surface area (Å²) < 4.78 is 0. The van der Waals surface area contributed by atoms with Crippen molar-refractivity contribution in [1.82, 2.24) is 10.2 Å². The summed E-state index contributed by atoms with van der Waals surface area (Å²) in [5.74, 6) is -0.720. The van der Waals surface area contributed by atoms with Gasteiger partial charge in [-0.05, 0) is 62.3 Å². The highest BCUT2D eigenvalue weighted by Gasteiger charge is 2.30. The van der Waals surface area contributed by atoms with Crippen molar-refractivity contribution in [2.75, 3.05) is 19.6 Å². The average molecular weight is 499 g/mol. The van der Waals surface area contributed by atoms with Gasteiger partial charge >= 0.3 is 5.97 Å². The van der Waals surface area contributed by atoms with Gasteiger partial charge in [0.15, 0.2) is 0 Å². The number of nitrogens with one attached hydrogen (secondary N) is 1. The first-order chi connectivity index (χ1) is 17.9. The van der Waals surface area contributed by atoms with E-state index in [4.69, 9.17) is 0 Å². The quantitative estimate of drug-likeness (QED) is 0.354. The first-order valence-corrected chi connectivity index (χ1v) is 13.3. The van der Waals surface area contributed by atoms with Crippen LogP contribution in [0.15, 0.2) is 78.9 Å². The molecule has 0 bridgehead atoms. The molecule has 1 saturated heterocycles. The molecule has 3 aromatic rings. The number of piperidine rings is 1. The molecule has 0 radical (unpaired) electrons. The second-order valence-corrected chi connectivity index (χ2v) is 10.3. The lowest BCUT2D eigenvalue weighted by Gasteiger charge is -2.39. The van der Waals surface area contributed by atoms with Crippen LogP contribution in [0.25, 0.3) is 0 Å². The summed E-state index contributed by atoms with van der Waals surface area (Å²) in [5.41, 5.74) is 5.59. The topological polar surface area (TPSA) is 69.6 Å². The van der Waals surface area contributed by atoms with Gasteiger partial charge in [-0.15, -0.1) is 0 Å². The maximum atomic E-state index is 13.4. The van der Waals surface area contributed by atoms with E-state index >= 15 is 0 Å². The summed E-state index contributed by atoms with van der Waals surface area (Å²) in [6.45, 7) is 6.31. The van der Waals surface area contributed by atoms with Gasteiger partial charge in [-0.25, -0.2) is 0 Å². The number of carboxylic acids is 1. The summed E-state index contributed by atoms with van der Waals surface area (Å²) in [6.07, 6.45) is 2.81. The van der Waals surface area contributed by atoms with Crippen molar-refractivity contribution in [3.05, 3.63) is 107 Å². The Kier molecular flexibility index (Phi) is 9.13. The molecule has 194 valence electrons. The Labute approximate surface area is 220 Å². The average Bonchev–Trinajstić information content (AvgIpc) is 2.90. The van der Waals surface area contributed by atoms with Crippen LogP contribution in [0.1, 0.15) is 65.3 Å². The van der Waals surface area contributed by atoms with Crippen LogP contribution in [0.4, 0.5) is 0 Å². The van der Waals surface area contributed by atoms with Gasteiger partial charge in [0.25, 0.3) is 0 Å². The zero-order valence-electron chi connectivity index (χ0n) is 21.9. The highest BCUT2D eigenvalue weighted by atomic mass is 16.4. The van der Waals surface area contributed by atoms with Crippen LogP contribution in [0.5, 0.6) is 0 Å². The lowest BCUT2D eigenvalue weighted by Crippen LogP contribution is -2.44. The second kappa shape index (κ2) is 12.7. The summed E-state index contributed by atoms with van der Waals surface area (Å²) in [5, 5.41) is 12.7. The second-order valence-electron chi connectivity index (χ2n) is 10.3. The number of likely N-dealkylation sites (tertiary alicyclic amines) is 1. The summed E-state index contributed by atoms with van der Waals surface area (Å²) in [7, 11) is 0. The minimum Gasteiger partial charge on any atom is -0.481 e. The van der Waals surface area contributed by atoms with E-state index in [9.17, 15) is 14.7 Å². The molecule has 2 N–H and O–H groups in total. The number of carbonyl (C=O) groups excluding carboxylic acids is 1. The van der Waals surface area contributed by atoms with Crippen LogP contribution in [0, 0.1) is 13.8 Å². The summed E-state index contributed by atoms with van der Waals surface area (Å²) >= 11 is 0. The fourth-order valence-electron chi connectivity index (χ4n) is 5.44. The molecule has 5 heteroatoms. The van der Waals surface area contributed by atoms with Gasteiger partial charge in [0, 0.05) is 19.1 Å². The zero-order chi connectivity index (χ0) is 26.2. The molecule has 0 aliphatic carbocycles. The van der Waals surface area contributed by atoms with Crippen LogP contribution >= 0.6 is 0 Å². The number of hydrogen-bond acceptors (Lipinski definition) is 3. The number of rotatable bonds is 10. The van der Waals surface area contributed by atoms with Crippen molar-refractivity contribution in [2.45, 2.75) is 57.4 Å². The number of hydrogen-bond donors (Lipinski definition) is 2. The molecule has 1 aliphatic heterocycles. The zero-order valence-corrected chi connectivity index (χ0v) is 21.9. The molecule has 1 heterocycles. The maximum Gasteiger partial charge on any atom is 0.304 e. The van der Waals surface area contributed by atoms with E-state index in [2.05, 4.69) is 34.5 Å². The molecule has 5 nitrogen and oxygen atoms in total. The van der Waals surface area contributed by atoms with Crippen LogP contribution in [-0.2, 0) is 9.59 Å². The lowest BCUT2D eigenvalue weighted by molar-refractivity contribution is -0.138. The third-order valence-corrected chi connectivity index (χ3v) is 7.52. The van der Waals surface area contributed by atoms with E-state index in [0.717, 1.165) is 43.5 Å². The number of carboxylic acid groups (broad SMARTS) is 1. The molecule has 3 aromatic carbocycles. The van der Waals surface area contributed by atoms with Gasteiger partial charge in [-0.1, -0.05) is 90.0 Å². The summed E-state index contributed by atoms with van der Waals surface area (Å²) in [4.78, 5) is 27.3. The van der Waals surface area contributed by atoms with Gasteiger partial charge in [0.2, 0.25) is 5.91 Å². The summed E-state index contributed by atoms with van der Waals surface area (Å²) in [6, 6.07) is 26.8. The third kappa shape index (κ3) is 7.30. The van der Waals surface area contributed by atoms with Gasteiger partial charge in [-0.3, -0.25) is 14.5 Å². The molecule has 0 spiro atoms. The highest BCUT2D eigenvalue weighted by molar-refractivity contribution is 5.87. The van der Waals surface area contributed by atoms with Gasteiger partial charge in [0.1, 0.15) is 0 Å². The Balaban J connectivity index is 1.36. The number of nitrogens with zero attached hydrogens (tertiary/aromatic N) is 1. The predicted molar refractivity (Wildman–Crippen MR) is 148 cm³/mol. The number of amides is 1. The minimum absolute atomic E-state index is 0.00224. The first kappa shape index (κ1) is 26.6. The van der Waals surface area contributed by atoms with Crippen LogP contribution in [-0.4, -0.2) is 47.6 Å². The Morgan fingerprint density at radius 3 is 2.08 bits per heavy atom. The molecule has 2 atom stereocenters. The van der Waals surface area contributed by atoms with Crippen LogP contribution in [0.3, 0.4) is 0 Å². The van der Waals surface area contributed by atoms with Gasteiger partial charge < -0.3 is 10.4 Å². The van der Waals surface area contributed by atoms with Crippen molar-refractivity contribution in [2.24, 2.45) is 0 Å². The van der Waals surface area contributed by atoms with E-state index in [0.29, 0.717) is 12.5 Å². The Morgan fingerprint density at radius 1 is 0.919 bits per heavy atom. The molecule has 0 aromatic heterocycles. The van der Waals surface area contributed by atoms with Gasteiger partial charge in [0.05, 0.1) is 12.3 Å². The fraction of sp³-hybridized carbons (Fsp3) is 0.375. The molecule has 37 heavy (non-hydrogen) atoms. The molecular weight excluding hydrogens is 460 g/mol. The van der Waals surface area contributed by atoms with Crippen LogP contribution < -0.4 is 5.32 Å². The number of benzene rings is 3. The Hall–Kier alpha value is -3.44. The monoisotopic (exact) mass is 498 g/mol. The van der Waals surface area contributed by atoms with Crippen LogP contribution in [0.2, 0.25) is 0 Å². The van der Waals surface area contributed by atoms with Crippen molar-refractivity contribution >= 4 is 11.9 Å². The Bertz CT molecular complexity index is 1110. The van der Waals surface area contributed by atoms with Crippen molar-refractivity contribution < 1.29 is 14.7 Å². The smallest absolute Gasteiger partial charge is 0.304 e. The van der Waals surface area contributed by atoms with E-state index in [1.807, 2.05) is 68.4 Å². The van der Waals surface area contributed by atoms with Crippen molar-refractivity contribution in [3.63, 3.8) is 0 Å². The van der Waals surface area contributed by atoms with Gasteiger partial charge in [-0.2, -0.15) is 0 Å². The highest BCUT2D eigenvalue weighted by Crippen LogP contribution is 2.33. The molecule has 1 amide bonds. The molecule has 1 fully saturated rings. The molecule has 4 rings (SSSR count). The van der Waals surface area contributed by atoms with E-state index in [1.54, 1.807) is 0 Å². The minimum atomic E-state index is -0.754. The van der Waals surface area contributed by atoms with Crippen molar-refractivity contribution in [3.8, 4) is 0 Å². The number of carbonyl (C=O) groups is 2. The largest absolute Gasteiger partial charge is 0.481 e. The molecule has 1 aliphatic rings. The molecular formula is C32H38N2O3. The normalized spacial score (nSPS) is 18.0. The van der Waals surface area contributed by atoms with E-state index in [-0.39, 0.29) is 24.3 Å². The molecule has 2 unspecified atom stereocenters. The Morgan fingerprint density at radius 2 is 1.51 bits per heavy atom. The first-order valence-electron chi connectivity index (χ1n) is 13.3. The number of aliphatic carboxylic acids is 1. The number of aryl methyl sites for hydroxylation is 2. The maximum absolute atomic E-state index is 13.4. The lowest BCUT2D eigenvalue weighted by atomic mass is 9.84. The fourth-order valence-corrected chi connectivity index (χ4v) is 5.44. The SMILES string of the molecule is Cc1ccc(C(C(=O)NCCCN2CCC(c3ccccc3)CC2CC(=O)O)c2ccc(C)cc2)cc1. The standard InChI is InChI=1S/C32H38N2O3/c1-23-9-13-26(14-10-23)31(27-15-11-24(2)12-16-27)32(37)33-18-6-19-34-20-17-28(21-29(34)22-30(35)36)25-7-4-3-5-8-25/h3-5,7-16,28-29,31H,6,17-22H2,1-2H3,(H,33,37)(H,35,36). The predicted octanol–water partition coefficient (Wildman–Crippen LogP) is 5.66. The third-order valence-electron chi connectivity index (χ3n) is 7.52. The van der Waals surface area contributed by atoms with E-state index in [1.165, 1.54) is 16.7 Å². The molecule has 0 saturated carbocycles. The van der Waals surface area contributed by atoms with E-state index < -0.39 is 5.97 Å². The van der Waals surface area contributed by atoms with Crippen molar-refractivity contribution in [1.29, 1.82) is 0 Å².